The van der Waals surface area contributed by atoms with Crippen LogP contribution in [0.2, 0.25) is 0 Å². The van der Waals surface area contributed by atoms with Crippen LogP contribution in [0.1, 0.15) is 40.7 Å². The number of unbranched alkanes of at least 4 members (excludes halogenated alkanes) is 2. The first kappa shape index (κ1) is 20.4. The summed E-state index contributed by atoms with van der Waals surface area (Å²) in [5.41, 5.74) is 2.30. The molecule has 0 unspecified atom stereocenters. The van der Waals surface area contributed by atoms with Crippen molar-refractivity contribution in [3.8, 4) is 0 Å². The van der Waals surface area contributed by atoms with Crippen molar-refractivity contribution in [2.24, 2.45) is 0 Å². The molecule has 0 heterocycles. The Kier molecular flexibility index (Phi) is 8.29. The number of aryl methyl sites for hydroxylation is 1. The zero-order valence-corrected chi connectivity index (χ0v) is 15.6. The van der Waals surface area contributed by atoms with Crippen LogP contribution in [0.4, 0.5) is 9.18 Å². The number of hydrogen-bond acceptors (Lipinski definition) is 2. The van der Waals surface area contributed by atoms with Gasteiger partial charge in [-0.25, -0.2) is 9.18 Å². The van der Waals surface area contributed by atoms with Gasteiger partial charge in [0.05, 0.1) is 5.56 Å². The highest BCUT2D eigenvalue weighted by atomic mass is 19.1. The van der Waals surface area contributed by atoms with Gasteiger partial charge >= 0.3 is 6.03 Å². The van der Waals surface area contributed by atoms with Crippen LogP contribution < -0.4 is 16.0 Å². The number of urea groups is 1. The second kappa shape index (κ2) is 11.0. The Bertz CT molecular complexity index is 747. The largest absolute Gasteiger partial charge is 0.352 e. The van der Waals surface area contributed by atoms with Crippen LogP contribution in [0.15, 0.2) is 48.5 Å². The van der Waals surface area contributed by atoms with Crippen LogP contribution >= 0.6 is 0 Å². The van der Waals surface area contributed by atoms with Gasteiger partial charge in [-0.15, -0.1) is 0 Å². The van der Waals surface area contributed by atoms with Gasteiger partial charge in [0.15, 0.2) is 0 Å². The summed E-state index contributed by atoms with van der Waals surface area (Å²) in [4.78, 5) is 23.6. The number of amides is 3. The summed E-state index contributed by atoms with van der Waals surface area (Å²) < 4.78 is 13.5. The van der Waals surface area contributed by atoms with Crippen molar-refractivity contribution in [3.63, 3.8) is 0 Å². The van der Waals surface area contributed by atoms with E-state index in [1.165, 1.54) is 17.7 Å². The molecular formula is C21H26FN3O2. The molecule has 0 saturated heterocycles. The first-order valence-electron chi connectivity index (χ1n) is 9.16. The molecule has 2 aromatic carbocycles. The maximum absolute atomic E-state index is 13.5. The molecule has 144 valence electrons. The minimum absolute atomic E-state index is 0.0596. The molecule has 2 rings (SSSR count). The highest BCUT2D eigenvalue weighted by Gasteiger charge is 2.09. The summed E-state index contributed by atoms with van der Waals surface area (Å²) in [6, 6.07) is 13.7. The van der Waals surface area contributed by atoms with Gasteiger partial charge in [0.1, 0.15) is 5.82 Å². The maximum atomic E-state index is 13.5. The molecule has 0 fully saturated rings. The zero-order valence-electron chi connectivity index (χ0n) is 15.6. The number of carbonyl (C=O) groups excluding carboxylic acids is 2. The Morgan fingerprint density at radius 2 is 1.52 bits per heavy atom. The highest BCUT2D eigenvalue weighted by Crippen LogP contribution is 2.06. The van der Waals surface area contributed by atoms with Crippen molar-refractivity contribution in [1.82, 2.24) is 16.0 Å². The summed E-state index contributed by atoms with van der Waals surface area (Å²) in [5, 5.41) is 8.33. The second-order valence-electron chi connectivity index (χ2n) is 6.39. The van der Waals surface area contributed by atoms with E-state index in [9.17, 15) is 14.0 Å². The van der Waals surface area contributed by atoms with Gasteiger partial charge < -0.3 is 16.0 Å². The van der Waals surface area contributed by atoms with Gasteiger partial charge in [-0.2, -0.15) is 0 Å². The van der Waals surface area contributed by atoms with E-state index in [1.54, 1.807) is 12.1 Å². The van der Waals surface area contributed by atoms with Gasteiger partial charge in [-0.05, 0) is 43.9 Å². The lowest BCUT2D eigenvalue weighted by molar-refractivity contribution is 0.0949. The van der Waals surface area contributed by atoms with Crippen molar-refractivity contribution in [3.05, 3.63) is 71.0 Å². The molecule has 0 spiro atoms. The lowest BCUT2D eigenvalue weighted by Gasteiger charge is -2.08. The fraction of sp³-hybridized carbons (Fsp3) is 0.333. The zero-order chi connectivity index (χ0) is 19.5. The fourth-order valence-electron chi connectivity index (χ4n) is 2.52. The Hall–Kier alpha value is -2.89. The Balaban J connectivity index is 1.50. The summed E-state index contributed by atoms with van der Waals surface area (Å²) in [6.07, 6.45) is 2.44. The summed E-state index contributed by atoms with van der Waals surface area (Å²) in [6.45, 7) is 3.57. The minimum Gasteiger partial charge on any atom is -0.352 e. The van der Waals surface area contributed by atoms with Crippen LogP contribution in [0, 0.1) is 12.7 Å². The van der Waals surface area contributed by atoms with Gasteiger partial charge in [0.2, 0.25) is 0 Å². The molecule has 0 radical (unpaired) electrons. The monoisotopic (exact) mass is 371 g/mol. The number of nitrogens with one attached hydrogen (secondary N) is 3. The molecule has 27 heavy (non-hydrogen) atoms. The number of hydrogen-bond donors (Lipinski definition) is 3. The van der Waals surface area contributed by atoms with Gasteiger partial charge in [0, 0.05) is 19.6 Å². The van der Waals surface area contributed by atoms with Crippen molar-refractivity contribution >= 4 is 11.9 Å². The predicted molar refractivity (Wildman–Crippen MR) is 104 cm³/mol. The third-order valence-corrected chi connectivity index (χ3v) is 4.12. The Labute approximate surface area is 159 Å². The van der Waals surface area contributed by atoms with Crippen LogP contribution in [0.25, 0.3) is 0 Å². The van der Waals surface area contributed by atoms with E-state index < -0.39 is 11.7 Å². The quantitative estimate of drug-likeness (QED) is 0.590. The predicted octanol–water partition coefficient (Wildman–Crippen LogP) is 3.53. The number of halogens is 1. The van der Waals surface area contributed by atoms with E-state index in [0.717, 1.165) is 24.8 Å². The number of carbonyl (C=O) groups is 2. The normalized spacial score (nSPS) is 10.3. The smallest absolute Gasteiger partial charge is 0.315 e. The summed E-state index contributed by atoms with van der Waals surface area (Å²) in [5.74, 6) is -0.919. The first-order valence-corrected chi connectivity index (χ1v) is 9.16. The minimum atomic E-state index is -0.518. The van der Waals surface area contributed by atoms with Crippen molar-refractivity contribution in [1.29, 1.82) is 0 Å². The molecule has 5 nitrogen and oxygen atoms in total. The molecule has 3 amide bonds. The molecule has 0 atom stereocenters. The third-order valence-electron chi connectivity index (χ3n) is 4.12. The fourth-order valence-corrected chi connectivity index (χ4v) is 2.52. The van der Waals surface area contributed by atoms with E-state index in [0.29, 0.717) is 19.6 Å². The van der Waals surface area contributed by atoms with E-state index in [-0.39, 0.29) is 11.6 Å². The Morgan fingerprint density at radius 3 is 2.22 bits per heavy atom. The van der Waals surface area contributed by atoms with Crippen molar-refractivity contribution in [2.75, 3.05) is 13.1 Å². The topological polar surface area (TPSA) is 70.2 Å². The van der Waals surface area contributed by atoms with Crippen LogP contribution in [0.3, 0.4) is 0 Å². The molecule has 0 aliphatic carbocycles. The molecule has 2 aromatic rings. The average Bonchev–Trinajstić information content (AvgIpc) is 2.67. The summed E-state index contributed by atoms with van der Waals surface area (Å²) in [7, 11) is 0. The molecule has 0 aromatic heterocycles. The van der Waals surface area contributed by atoms with E-state index in [1.807, 2.05) is 31.2 Å². The van der Waals surface area contributed by atoms with Gasteiger partial charge in [-0.1, -0.05) is 42.0 Å². The van der Waals surface area contributed by atoms with Crippen LogP contribution in [0.5, 0.6) is 0 Å². The molecule has 6 heteroatoms. The standard InChI is InChI=1S/C21H26FN3O2/c1-16-9-11-17(12-10-16)15-25-21(27)24-14-6-2-5-13-23-20(26)18-7-3-4-8-19(18)22/h3-4,7-12H,2,5-6,13-15H2,1H3,(H,23,26)(H2,24,25,27). The number of rotatable bonds is 9. The summed E-state index contributed by atoms with van der Waals surface area (Å²) >= 11 is 0. The van der Waals surface area contributed by atoms with Crippen LogP contribution in [-0.4, -0.2) is 25.0 Å². The number of benzene rings is 2. The molecule has 0 bridgehead atoms. The lowest BCUT2D eigenvalue weighted by atomic mass is 10.1. The molecule has 0 aliphatic heterocycles. The molecular weight excluding hydrogens is 345 g/mol. The molecule has 3 N–H and O–H groups in total. The van der Waals surface area contributed by atoms with Crippen molar-refractivity contribution < 1.29 is 14.0 Å². The molecule has 0 aliphatic rings. The van der Waals surface area contributed by atoms with Crippen LogP contribution in [-0.2, 0) is 6.54 Å². The molecule has 0 saturated carbocycles. The SMILES string of the molecule is Cc1ccc(CNC(=O)NCCCCCNC(=O)c2ccccc2F)cc1. The van der Waals surface area contributed by atoms with Gasteiger partial charge in [-0.3, -0.25) is 4.79 Å². The Morgan fingerprint density at radius 1 is 0.852 bits per heavy atom. The first-order chi connectivity index (χ1) is 13.1. The van der Waals surface area contributed by atoms with E-state index in [4.69, 9.17) is 0 Å². The van der Waals surface area contributed by atoms with Crippen molar-refractivity contribution in [2.45, 2.75) is 32.7 Å². The lowest BCUT2D eigenvalue weighted by Crippen LogP contribution is -2.35. The highest BCUT2D eigenvalue weighted by molar-refractivity contribution is 5.94. The average molecular weight is 371 g/mol. The van der Waals surface area contributed by atoms with E-state index >= 15 is 0 Å². The maximum Gasteiger partial charge on any atom is 0.315 e. The van der Waals surface area contributed by atoms with Gasteiger partial charge in [0.25, 0.3) is 5.91 Å². The second-order valence-corrected chi connectivity index (χ2v) is 6.39. The third kappa shape index (κ3) is 7.48. The van der Waals surface area contributed by atoms with E-state index in [2.05, 4.69) is 16.0 Å².